The van der Waals surface area contributed by atoms with Crippen LogP contribution in [-0.4, -0.2) is 30.0 Å². The molecule has 144 valence electrons. The third kappa shape index (κ3) is 4.18. The lowest BCUT2D eigenvalue weighted by atomic mass is 10.1. The van der Waals surface area contributed by atoms with Gasteiger partial charge in [0.2, 0.25) is 0 Å². The number of carbonyl (C=O) groups is 1. The Morgan fingerprint density at radius 2 is 2.04 bits per heavy atom. The molecule has 5 heteroatoms. The van der Waals surface area contributed by atoms with Crippen LogP contribution in [0.15, 0.2) is 42.6 Å². The van der Waals surface area contributed by atoms with Crippen LogP contribution >= 0.6 is 0 Å². The van der Waals surface area contributed by atoms with E-state index in [2.05, 4.69) is 27.5 Å². The molecule has 1 unspecified atom stereocenters. The van der Waals surface area contributed by atoms with Gasteiger partial charge in [-0.25, -0.2) is 4.98 Å². The quantitative estimate of drug-likeness (QED) is 0.794. The molecule has 0 bridgehead atoms. The fraction of sp³-hybridized carbons (Fsp3) is 0.391. The first-order valence-electron chi connectivity index (χ1n) is 10.1. The number of rotatable bonds is 3. The van der Waals surface area contributed by atoms with Gasteiger partial charge >= 0.3 is 0 Å². The van der Waals surface area contributed by atoms with Crippen LogP contribution in [0.4, 0.5) is 17.2 Å². The summed E-state index contributed by atoms with van der Waals surface area (Å²) in [6.45, 7) is 1.64. The van der Waals surface area contributed by atoms with E-state index in [-0.39, 0.29) is 5.91 Å². The second kappa shape index (κ2) is 8.90. The number of hydrogen-bond acceptors (Lipinski definition) is 4. The van der Waals surface area contributed by atoms with Crippen LogP contribution in [0, 0.1) is 11.8 Å². The summed E-state index contributed by atoms with van der Waals surface area (Å²) in [6, 6.07) is 11.9. The van der Waals surface area contributed by atoms with E-state index in [4.69, 9.17) is 0 Å². The molecule has 28 heavy (non-hydrogen) atoms. The molecule has 1 saturated heterocycles. The van der Waals surface area contributed by atoms with Crippen LogP contribution in [0.3, 0.4) is 0 Å². The predicted octanol–water partition coefficient (Wildman–Crippen LogP) is 4.10. The van der Waals surface area contributed by atoms with Gasteiger partial charge in [0.1, 0.15) is 0 Å². The van der Waals surface area contributed by atoms with Crippen LogP contribution in [-0.2, 0) is 0 Å². The number of aromatic nitrogens is 1. The number of pyridine rings is 1. The lowest BCUT2D eigenvalue weighted by Gasteiger charge is -2.22. The molecule has 0 aliphatic carbocycles. The Bertz CT molecular complexity index is 891. The first-order chi connectivity index (χ1) is 13.8. The number of carbonyl (C=O) groups excluding carboxylic acids is 1. The summed E-state index contributed by atoms with van der Waals surface area (Å²) in [5, 5.41) is 6.59. The molecule has 1 aromatic carbocycles. The zero-order valence-electron chi connectivity index (χ0n) is 16.1. The molecule has 1 atom stereocenters. The highest BCUT2D eigenvalue weighted by atomic mass is 16.1. The van der Waals surface area contributed by atoms with Gasteiger partial charge in [-0.05, 0) is 50.1 Å². The fourth-order valence-electron chi connectivity index (χ4n) is 3.89. The number of fused-ring (bicyclic) bond motifs is 2. The molecule has 2 aromatic rings. The molecule has 3 heterocycles. The average Bonchev–Trinajstić information content (AvgIpc) is 3.05. The first-order valence-corrected chi connectivity index (χ1v) is 10.1. The number of hydrogen-bond donors (Lipinski definition) is 2. The Morgan fingerprint density at radius 3 is 3.00 bits per heavy atom. The third-order valence-electron chi connectivity index (χ3n) is 5.37. The monoisotopic (exact) mass is 374 g/mol. The summed E-state index contributed by atoms with van der Waals surface area (Å²) in [5.41, 5.74) is 2.20. The molecule has 2 aliphatic rings. The molecular formula is C23H26N4O. The number of nitrogens with one attached hydrogen (secondary N) is 2. The summed E-state index contributed by atoms with van der Waals surface area (Å²) in [5.74, 6) is 7.26. The van der Waals surface area contributed by atoms with E-state index in [9.17, 15) is 4.79 Å². The fourth-order valence-corrected chi connectivity index (χ4v) is 3.89. The normalized spacial score (nSPS) is 18.6. The van der Waals surface area contributed by atoms with Crippen molar-refractivity contribution >= 4 is 23.1 Å². The van der Waals surface area contributed by atoms with Crippen LogP contribution in [0.5, 0.6) is 0 Å². The van der Waals surface area contributed by atoms with E-state index in [1.807, 2.05) is 41.3 Å². The van der Waals surface area contributed by atoms with Crippen molar-refractivity contribution in [3.63, 3.8) is 0 Å². The predicted molar refractivity (Wildman–Crippen MR) is 113 cm³/mol. The minimum absolute atomic E-state index is 0.111. The first kappa shape index (κ1) is 18.5. The number of benzene rings is 1. The molecule has 1 amide bonds. The Labute approximate surface area is 166 Å². The third-order valence-corrected chi connectivity index (χ3v) is 5.37. The molecular weight excluding hydrogens is 348 g/mol. The lowest BCUT2D eigenvalue weighted by Crippen LogP contribution is -2.27. The van der Waals surface area contributed by atoms with Gasteiger partial charge in [-0.3, -0.25) is 4.79 Å². The van der Waals surface area contributed by atoms with Crippen LogP contribution in [0.2, 0.25) is 0 Å². The van der Waals surface area contributed by atoms with Gasteiger partial charge in [0.25, 0.3) is 5.91 Å². The van der Waals surface area contributed by atoms with Crippen molar-refractivity contribution in [2.45, 2.75) is 44.6 Å². The van der Waals surface area contributed by atoms with Crippen LogP contribution in [0.1, 0.15) is 48.9 Å². The smallest absolute Gasteiger partial charge is 0.257 e. The van der Waals surface area contributed by atoms with E-state index < -0.39 is 0 Å². The zero-order chi connectivity index (χ0) is 19.2. The van der Waals surface area contributed by atoms with E-state index in [0.717, 1.165) is 30.9 Å². The maximum Gasteiger partial charge on any atom is 0.257 e. The van der Waals surface area contributed by atoms with Crippen LogP contribution in [0.25, 0.3) is 0 Å². The zero-order valence-corrected chi connectivity index (χ0v) is 16.1. The molecule has 0 radical (unpaired) electrons. The van der Waals surface area contributed by atoms with Crippen LogP contribution < -0.4 is 15.5 Å². The summed E-state index contributed by atoms with van der Waals surface area (Å²) < 4.78 is 0. The number of anilines is 3. The largest absolute Gasteiger partial charge is 0.319 e. The maximum atomic E-state index is 12.6. The summed E-state index contributed by atoms with van der Waals surface area (Å²) in [4.78, 5) is 19.1. The van der Waals surface area contributed by atoms with E-state index in [1.165, 1.54) is 25.7 Å². The second-order valence-corrected chi connectivity index (χ2v) is 7.32. The number of amides is 1. The molecule has 1 fully saturated rings. The molecule has 4 rings (SSSR count). The van der Waals surface area contributed by atoms with Crippen molar-refractivity contribution in [2.75, 3.05) is 23.3 Å². The minimum atomic E-state index is -0.111. The highest BCUT2D eigenvalue weighted by Crippen LogP contribution is 2.35. The lowest BCUT2D eigenvalue weighted by molar-refractivity contribution is 0.102. The van der Waals surface area contributed by atoms with E-state index in [1.54, 1.807) is 6.20 Å². The van der Waals surface area contributed by atoms with Gasteiger partial charge in [-0.1, -0.05) is 30.9 Å². The Hall–Kier alpha value is -2.84. The van der Waals surface area contributed by atoms with E-state index >= 15 is 0 Å². The standard InChI is InChI=1S/C23H26N4O/c28-23-19-12-5-6-14-21(19)27(22-20(26-23)13-9-16-25-22)17-8-2-4-11-18-10-3-1-7-15-24-18/h5-6,9,12-14,16,18,24H,1,3-4,7,10-11,15,17H2,(H,26,28). The summed E-state index contributed by atoms with van der Waals surface area (Å²) in [7, 11) is 0. The van der Waals surface area contributed by atoms with Crippen molar-refractivity contribution in [3.8, 4) is 11.8 Å². The van der Waals surface area contributed by atoms with Gasteiger partial charge < -0.3 is 15.5 Å². The maximum absolute atomic E-state index is 12.6. The van der Waals surface area contributed by atoms with Gasteiger partial charge in [0.05, 0.1) is 23.5 Å². The molecule has 2 N–H and O–H groups in total. The van der Waals surface area contributed by atoms with Gasteiger partial charge in [0, 0.05) is 18.7 Å². The highest BCUT2D eigenvalue weighted by Gasteiger charge is 2.25. The van der Waals surface area contributed by atoms with Crippen molar-refractivity contribution in [2.24, 2.45) is 0 Å². The number of nitrogens with zero attached hydrogens (tertiary/aromatic N) is 2. The highest BCUT2D eigenvalue weighted by molar-refractivity contribution is 6.12. The van der Waals surface area contributed by atoms with Crippen molar-refractivity contribution in [1.29, 1.82) is 0 Å². The van der Waals surface area contributed by atoms with Crippen molar-refractivity contribution < 1.29 is 4.79 Å². The molecule has 2 aliphatic heterocycles. The Morgan fingerprint density at radius 1 is 1.11 bits per heavy atom. The average molecular weight is 374 g/mol. The van der Waals surface area contributed by atoms with Crippen molar-refractivity contribution in [1.82, 2.24) is 10.3 Å². The minimum Gasteiger partial charge on any atom is -0.319 e. The molecule has 0 spiro atoms. The van der Waals surface area contributed by atoms with Gasteiger partial charge in [-0.15, -0.1) is 5.92 Å². The van der Waals surface area contributed by atoms with Crippen molar-refractivity contribution in [3.05, 3.63) is 48.2 Å². The SMILES string of the molecule is O=C1Nc2cccnc2N(CC#CCCC2CCCCCN2)c2ccccc21. The topological polar surface area (TPSA) is 57.3 Å². The number of para-hydroxylation sites is 1. The molecule has 1 aromatic heterocycles. The molecule has 0 saturated carbocycles. The van der Waals surface area contributed by atoms with Gasteiger partial charge in [0.15, 0.2) is 5.82 Å². The summed E-state index contributed by atoms with van der Waals surface area (Å²) in [6.07, 6.45) is 8.93. The van der Waals surface area contributed by atoms with E-state index in [0.29, 0.717) is 23.8 Å². The Kier molecular flexibility index (Phi) is 5.89. The Balaban J connectivity index is 1.49. The molecule has 5 nitrogen and oxygen atoms in total. The summed E-state index contributed by atoms with van der Waals surface area (Å²) >= 11 is 0. The second-order valence-electron chi connectivity index (χ2n) is 7.32. The van der Waals surface area contributed by atoms with Gasteiger partial charge in [-0.2, -0.15) is 0 Å².